The zero-order valence-corrected chi connectivity index (χ0v) is 29.2. The van der Waals surface area contributed by atoms with Crippen LogP contribution in [0.3, 0.4) is 0 Å². The van der Waals surface area contributed by atoms with Gasteiger partial charge in [-0.05, 0) is 64.3 Å². The first-order valence-corrected chi connectivity index (χ1v) is 15.9. The number of esters is 1. The Bertz CT molecular complexity index is 929. The molecule has 0 aliphatic heterocycles. The van der Waals surface area contributed by atoms with E-state index < -0.39 is 34.5 Å². The van der Waals surface area contributed by atoms with Gasteiger partial charge in [0.05, 0.1) is 18.2 Å². The van der Waals surface area contributed by atoms with Gasteiger partial charge >= 0.3 is 5.97 Å². The number of nitrogens with one attached hydrogen (secondary N) is 2. The van der Waals surface area contributed by atoms with E-state index in [4.69, 9.17) is 4.74 Å². The van der Waals surface area contributed by atoms with Crippen LogP contribution in [0.1, 0.15) is 116 Å². The molecule has 0 rings (SSSR count). The molecule has 0 fully saturated rings. The van der Waals surface area contributed by atoms with Gasteiger partial charge in [-0.15, -0.1) is 0 Å². The summed E-state index contributed by atoms with van der Waals surface area (Å²) < 4.78 is 5.14. The molecule has 9 nitrogen and oxygen atoms in total. The highest BCUT2D eigenvalue weighted by Crippen LogP contribution is 2.32. The van der Waals surface area contributed by atoms with Crippen molar-refractivity contribution in [3.63, 3.8) is 0 Å². The van der Waals surface area contributed by atoms with Crippen molar-refractivity contribution in [2.24, 2.45) is 11.3 Å². The first kappa shape index (κ1) is 39.6. The number of amides is 3. The maximum atomic E-state index is 14.4. The van der Waals surface area contributed by atoms with Crippen LogP contribution in [0.5, 0.6) is 0 Å². The van der Waals surface area contributed by atoms with Gasteiger partial charge < -0.3 is 25.2 Å². The summed E-state index contributed by atoms with van der Waals surface area (Å²) in [6, 6.07) is -1.26. The number of rotatable bonds is 17. The lowest BCUT2D eigenvalue weighted by Gasteiger charge is -2.47. The second-order valence-electron chi connectivity index (χ2n) is 12.6. The van der Waals surface area contributed by atoms with Crippen molar-refractivity contribution in [2.45, 2.75) is 139 Å². The number of ether oxygens (including phenoxy) is 1. The minimum Gasteiger partial charge on any atom is -0.463 e. The molecule has 2 N–H and O–H groups in total. The molecule has 2 atom stereocenters. The molecule has 0 radical (unpaired) electrons. The maximum Gasteiger partial charge on any atom is 0.333 e. The Morgan fingerprint density at radius 2 is 1.40 bits per heavy atom. The standard InChI is InChI=1S/C33H62N4O5/c1-15-32(16-2,34-19-5)30(41)37(20-6)33(17-3,18-4)29(40)35-26(31(11,12)13)27(38)36(14)25(23(8)9)22-24(10)28(39)42-21-7/h22-23,25-26,34H,15-21H2,1-14H3,(H,35,40)/b24-22+. The van der Waals surface area contributed by atoms with Crippen LogP contribution in [0.2, 0.25) is 0 Å². The second-order valence-corrected chi connectivity index (χ2v) is 12.6. The fraction of sp³-hybridized carbons (Fsp3) is 0.818. The molecular formula is C33H62N4O5. The van der Waals surface area contributed by atoms with Crippen LogP contribution < -0.4 is 10.6 Å². The Morgan fingerprint density at radius 3 is 1.76 bits per heavy atom. The van der Waals surface area contributed by atoms with Crippen LogP contribution in [0.15, 0.2) is 11.6 Å². The first-order chi connectivity index (χ1) is 19.4. The average Bonchev–Trinajstić information content (AvgIpc) is 2.94. The van der Waals surface area contributed by atoms with Crippen LogP contribution in [0, 0.1) is 11.3 Å². The molecule has 0 bridgehead atoms. The van der Waals surface area contributed by atoms with E-state index in [0.29, 0.717) is 44.3 Å². The van der Waals surface area contributed by atoms with Crippen LogP contribution in [0.25, 0.3) is 0 Å². The molecule has 0 saturated carbocycles. The molecule has 0 aliphatic rings. The minimum atomic E-state index is -1.13. The molecule has 3 amide bonds. The average molecular weight is 595 g/mol. The summed E-state index contributed by atoms with van der Waals surface area (Å²) in [5.74, 6) is -1.10. The molecule has 0 aromatic heterocycles. The third-order valence-corrected chi connectivity index (χ3v) is 8.69. The van der Waals surface area contributed by atoms with Crippen molar-refractivity contribution in [2.75, 3.05) is 26.7 Å². The third-order valence-electron chi connectivity index (χ3n) is 8.69. The first-order valence-electron chi connectivity index (χ1n) is 15.9. The van der Waals surface area contributed by atoms with E-state index >= 15 is 0 Å². The molecule has 0 spiro atoms. The van der Waals surface area contributed by atoms with Crippen LogP contribution in [0.4, 0.5) is 0 Å². The Hall–Kier alpha value is -2.42. The minimum absolute atomic E-state index is 0.000464. The fourth-order valence-electron chi connectivity index (χ4n) is 5.78. The quantitative estimate of drug-likeness (QED) is 0.180. The van der Waals surface area contributed by atoms with E-state index in [1.54, 1.807) is 36.8 Å². The Kier molecular flexibility index (Phi) is 16.0. The van der Waals surface area contributed by atoms with E-state index in [9.17, 15) is 19.2 Å². The third kappa shape index (κ3) is 9.04. The zero-order valence-electron chi connectivity index (χ0n) is 29.2. The molecule has 0 aliphatic carbocycles. The predicted molar refractivity (Wildman–Crippen MR) is 171 cm³/mol. The van der Waals surface area contributed by atoms with E-state index in [0.717, 1.165) is 0 Å². The summed E-state index contributed by atoms with van der Waals surface area (Å²) in [6.07, 6.45) is 3.77. The van der Waals surface area contributed by atoms with Gasteiger partial charge in [0.2, 0.25) is 17.7 Å². The number of carbonyl (C=O) groups is 4. The molecule has 9 heteroatoms. The van der Waals surface area contributed by atoms with Crippen LogP contribution in [-0.4, -0.2) is 83.4 Å². The maximum absolute atomic E-state index is 14.4. The van der Waals surface area contributed by atoms with Gasteiger partial charge in [0.1, 0.15) is 11.6 Å². The number of hydrogen-bond donors (Lipinski definition) is 2. The van der Waals surface area contributed by atoms with E-state index in [-0.39, 0.29) is 30.2 Å². The highest BCUT2D eigenvalue weighted by atomic mass is 16.5. The van der Waals surface area contributed by atoms with Crippen LogP contribution >= 0.6 is 0 Å². The van der Waals surface area contributed by atoms with Crippen LogP contribution in [-0.2, 0) is 23.9 Å². The van der Waals surface area contributed by atoms with Gasteiger partial charge in [0, 0.05) is 19.2 Å². The topological polar surface area (TPSA) is 108 Å². The lowest BCUT2D eigenvalue weighted by Crippen LogP contribution is -2.69. The fourth-order valence-corrected chi connectivity index (χ4v) is 5.78. The molecule has 0 aromatic rings. The summed E-state index contributed by atoms with van der Waals surface area (Å²) in [5.41, 5.74) is -2.10. The summed E-state index contributed by atoms with van der Waals surface area (Å²) in [5, 5.41) is 6.50. The second kappa shape index (κ2) is 17.0. The van der Waals surface area contributed by atoms with Gasteiger partial charge in [-0.1, -0.05) is 75.3 Å². The normalized spacial score (nSPS) is 14.3. The molecule has 0 saturated heterocycles. The molecule has 42 heavy (non-hydrogen) atoms. The van der Waals surface area contributed by atoms with E-state index in [2.05, 4.69) is 10.6 Å². The number of likely N-dealkylation sites (N-methyl/N-ethyl adjacent to an activating group) is 3. The molecule has 0 heterocycles. The largest absolute Gasteiger partial charge is 0.463 e. The molecule has 244 valence electrons. The van der Waals surface area contributed by atoms with Crippen molar-refractivity contribution in [3.05, 3.63) is 11.6 Å². The summed E-state index contributed by atoms with van der Waals surface area (Å²) in [4.78, 5) is 58.3. The van der Waals surface area contributed by atoms with Gasteiger partial charge in [0.15, 0.2) is 0 Å². The Morgan fingerprint density at radius 1 is 0.881 bits per heavy atom. The molecule has 2 unspecified atom stereocenters. The van der Waals surface area contributed by atoms with Crippen molar-refractivity contribution in [1.29, 1.82) is 0 Å². The Balaban J connectivity index is 6.68. The van der Waals surface area contributed by atoms with E-state index in [1.807, 2.05) is 76.2 Å². The van der Waals surface area contributed by atoms with Gasteiger partial charge in [0.25, 0.3) is 0 Å². The monoisotopic (exact) mass is 594 g/mol. The van der Waals surface area contributed by atoms with Crippen molar-refractivity contribution < 1.29 is 23.9 Å². The highest BCUT2D eigenvalue weighted by Gasteiger charge is 2.50. The zero-order chi connectivity index (χ0) is 33.1. The van der Waals surface area contributed by atoms with Crippen molar-refractivity contribution in [3.8, 4) is 0 Å². The SMILES string of the molecule is CCNC(CC)(CC)C(=O)N(CC)C(CC)(CC)C(=O)NC(C(=O)N(C)C(/C=C(\C)C(=O)OCC)C(C)C)C(C)(C)C. The molecule has 0 aromatic carbocycles. The molecular weight excluding hydrogens is 532 g/mol. The number of carbonyl (C=O) groups excluding carboxylic acids is 4. The number of nitrogens with zero attached hydrogens (tertiary/aromatic N) is 2. The lowest BCUT2D eigenvalue weighted by molar-refractivity contribution is -0.155. The van der Waals surface area contributed by atoms with Gasteiger partial charge in [-0.25, -0.2) is 4.79 Å². The highest BCUT2D eigenvalue weighted by molar-refractivity contribution is 5.97. The van der Waals surface area contributed by atoms with Gasteiger partial charge in [-0.3, -0.25) is 14.4 Å². The Labute approximate surface area is 256 Å². The van der Waals surface area contributed by atoms with Crippen molar-refractivity contribution >= 4 is 23.7 Å². The lowest BCUT2D eigenvalue weighted by atomic mass is 9.81. The van der Waals surface area contributed by atoms with Crippen molar-refractivity contribution in [1.82, 2.24) is 20.4 Å². The predicted octanol–water partition coefficient (Wildman–Crippen LogP) is 5.09. The van der Waals surface area contributed by atoms with Gasteiger partial charge in [-0.2, -0.15) is 0 Å². The summed E-state index contributed by atoms with van der Waals surface area (Å²) in [6.45, 7) is 26.1. The summed E-state index contributed by atoms with van der Waals surface area (Å²) >= 11 is 0. The summed E-state index contributed by atoms with van der Waals surface area (Å²) in [7, 11) is 1.70. The smallest absolute Gasteiger partial charge is 0.333 e. The van der Waals surface area contributed by atoms with E-state index in [1.165, 1.54) is 0 Å². The number of hydrogen-bond acceptors (Lipinski definition) is 6.